The van der Waals surface area contributed by atoms with Crippen LogP contribution in [0.1, 0.15) is 46.0 Å². The van der Waals surface area contributed by atoms with E-state index >= 15 is 0 Å². The van der Waals surface area contributed by atoms with Crippen molar-refractivity contribution in [2.24, 2.45) is 5.92 Å². The van der Waals surface area contributed by atoms with Crippen LogP contribution in [0.4, 0.5) is 0 Å². The predicted molar refractivity (Wildman–Crippen MR) is 76.2 cm³/mol. The molecular formula is C13H28N2O2S. The average molecular weight is 276 g/mol. The van der Waals surface area contributed by atoms with Gasteiger partial charge in [0.2, 0.25) is 10.0 Å². The Morgan fingerprint density at radius 3 is 2.61 bits per heavy atom. The molecule has 1 heterocycles. The van der Waals surface area contributed by atoms with Crippen molar-refractivity contribution >= 4 is 10.0 Å². The molecule has 1 fully saturated rings. The summed E-state index contributed by atoms with van der Waals surface area (Å²) >= 11 is 0. The number of nitrogens with one attached hydrogen (secondary N) is 1. The zero-order valence-corrected chi connectivity index (χ0v) is 12.6. The van der Waals surface area contributed by atoms with E-state index in [2.05, 4.69) is 19.2 Å². The molecule has 0 saturated carbocycles. The first-order chi connectivity index (χ1) is 8.60. The van der Waals surface area contributed by atoms with E-state index in [0.717, 1.165) is 25.8 Å². The molecule has 0 amide bonds. The largest absolute Gasteiger partial charge is 0.316 e. The van der Waals surface area contributed by atoms with Crippen LogP contribution in [0.5, 0.6) is 0 Å². The van der Waals surface area contributed by atoms with Crippen molar-refractivity contribution in [2.75, 3.05) is 31.9 Å². The zero-order chi connectivity index (χ0) is 13.4. The van der Waals surface area contributed by atoms with Gasteiger partial charge in [0.05, 0.1) is 5.75 Å². The molecule has 1 aliphatic rings. The Hall–Kier alpha value is -0.130. The van der Waals surface area contributed by atoms with Gasteiger partial charge in [-0.3, -0.25) is 0 Å². The first-order valence-electron chi connectivity index (χ1n) is 7.28. The average Bonchev–Trinajstić information content (AvgIpc) is 2.60. The van der Waals surface area contributed by atoms with Crippen molar-refractivity contribution in [3.05, 3.63) is 0 Å². The lowest BCUT2D eigenvalue weighted by molar-refractivity contribution is 0.407. The van der Waals surface area contributed by atoms with Gasteiger partial charge in [-0.2, -0.15) is 0 Å². The highest BCUT2D eigenvalue weighted by Gasteiger charge is 2.24. The van der Waals surface area contributed by atoms with Crippen molar-refractivity contribution in [3.8, 4) is 0 Å². The summed E-state index contributed by atoms with van der Waals surface area (Å²) in [4.78, 5) is 0. The van der Waals surface area contributed by atoms with Crippen LogP contribution >= 0.6 is 0 Å². The van der Waals surface area contributed by atoms with Gasteiger partial charge in [-0.1, -0.05) is 20.3 Å². The quantitative estimate of drug-likeness (QED) is 0.722. The fourth-order valence-electron chi connectivity index (χ4n) is 2.46. The topological polar surface area (TPSA) is 49.4 Å². The van der Waals surface area contributed by atoms with Gasteiger partial charge in [-0.15, -0.1) is 0 Å². The molecule has 0 aromatic rings. The molecule has 0 aromatic carbocycles. The summed E-state index contributed by atoms with van der Waals surface area (Å²) in [5.41, 5.74) is 0. The Labute approximate surface area is 112 Å². The van der Waals surface area contributed by atoms with Crippen molar-refractivity contribution in [1.29, 1.82) is 0 Å². The highest BCUT2D eigenvalue weighted by molar-refractivity contribution is 7.89. The molecule has 1 saturated heterocycles. The van der Waals surface area contributed by atoms with Gasteiger partial charge in [-0.25, -0.2) is 12.7 Å². The molecule has 1 rings (SSSR count). The molecule has 0 aromatic heterocycles. The third kappa shape index (κ3) is 5.24. The van der Waals surface area contributed by atoms with Crippen molar-refractivity contribution < 1.29 is 8.42 Å². The molecule has 5 heteroatoms. The molecule has 0 spiro atoms. The molecule has 18 heavy (non-hydrogen) atoms. The first kappa shape index (κ1) is 15.9. The molecule has 1 unspecified atom stereocenters. The van der Waals surface area contributed by atoms with Gasteiger partial charge in [0, 0.05) is 19.6 Å². The minimum Gasteiger partial charge on any atom is -0.316 e. The van der Waals surface area contributed by atoms with Gasteiger partial charge in [0.15, 0.2) is 0 Å². The van der Waals surface area contributed by atoms with Gasteiger partial charge in [0.25, 0.3) is 0 Å². The molecule has 0 radical (unpaired) electrons. The Morgan fingerprint density at radius 1 is 1.17 bits per heavy atom. The highest BCUT2D eigenvalue weighted by Crippen LogP contribution is 2.21. The maximum Gasteiger partial charge on any atom is 0.215 e. The molecule has 1 atom stereocenters. The van der Waals surface area contributed by atoms with Crippen molar-refractivity contribution in [2.45, 2.75) is 46.0 Å². The lowest BCUT2D eigenvalue weighted by Crippen LogP contribution is -2.37. The standard InChI is InChI=1S/C13H28N2O2S/c1-3-8-14-9-12-18(16,17)15-10-5-6-13(4-2)7-11-15/h13-14H,3-12H2,1-2H3. The Morgan fingerprint density at radius 2 is 1.94 bits per heavy atom. The fourth-order valence-corrected chi connectivity index (χ4v) is 3.91. The van der Waals surface area contributed by atoms with Crippen LogP contribution in [-0.2, 0) is 10.0 Å². The van der Waals surface area contributed by atoms with Gasteiger partial charge in [-0.05, 0) is 38.1 Å². The smallest absolute Gasteiger partial charge is 0.215 e. The van der Waals surface area contributed by atoms with Gasteiger partial charge in [0.1, 0.15) is 0 Å². The SMILES string of the molecule is CCCNCCS(=O)(=O)N1CCCC(CC)CC1. The minimum absolute atomic E-state index is 0.240. The normalized spacial score (nSPS) is 22.9. The second-order valence-corrected chi connectivity index (χ2v) is 7.26. The van der Waals surface area contributed by atoms with E-state index in [9.17, 15) is 8.42 Å². The predicted octanol–water partition coefficient (Wildman–Crippen LogP) is 1.83. The van der Waals surface area contributed by atoms with Crippen molar-refractivity contribution in [1.82, 2.24) is 9.62 Å². The highest BCUT2D eigenvalue weighted by atomic mass is 32.2. The lowest BCUT2D eigenvalue weighted by atomic mass is 9.98. The number of hydrogen-bond donors (Lipinski definition) is 1. The lowest BCUT2D eigenvalue weighted by Gasteiger charge is -2.20. The third-order valence-electron chi connectivity index (χ3n) is 3.74. The molecule has 0 aliphatic carbocycles. The minimum atomic E-state index is -3.05. The number of nitrogens with zero attached hydrogens (tertiary/aromatic N) is 1. The van der Waals surface area contributed by atoms with Gasteiger partial charge >= 0.3 is 0 Å². The number of hydrogen-bond acceptors (Lipinski definition) is 3. The second kappa shape index (κ2) is 8.12. The summed E-state index contributed by atoms with van der Waals surface area (Å²) in [6.45, 7) is 7.18. The zero-order valence-electron chi connectivity index (χ0n) is 11.8. The molecule has 0 bridgehead atoms. The van der Waals surface area contributed by atoms with Crippen LogP contribution in [0.3, 0.4) is 0 Å². The first-order valence-corrected chi connectivity index (χ1v) is 8.89. The summed E-state index contributed by atoms with van der Waals surface area (Å²) in [7, 11) is -3.05. The molecule has 4 nitrogen and oxygen atoms in total. The van der Waals surface area contributed by atoms with Crippen LogP contribution in [0, 0.1) is 5.92 Å². The van der Waals surface area contributed by atoms with E-state index in [1.54, 1.807) is 4.31 Å². The second-order valence-electron chi connectivity index (χ2n) is 5.17. The summed E-state index contributed by atoms with van der Waals surface area (Å²) < 4.78 is 26.1. The van der Waals surface area contributed by atoms with E-state index in [-0.39, 0.29) is 5.75 Å². The molecule has 108 valence electrons. The maximum absolute atomic E-state index is 12.2. The van der Waals surface area contributed by atoms with Crippen LogP contribution in [0.25, 0.3) is 0 Å². The van der Waals surface area contributed by atoms with Crippen LogP contribution in [0.2, 0.25) is 0 Å². The molecule has 1 aliphatic heterocycles. The van der Waals surface area contributed by atoms with E-state index < -0.39 is 10.0 Å². The van der Waals surface area contributed by atoms with Crippen LogP contribution < -0.4 is 5.32 Å². The van der Waals surface area contributed by atoms with E-state index in [1.165, 1.54) is 12.8 Å². The summed E-state index contributed by atoms with van der Waals surface area (Å²) in [5.74, 6) is 0.951. The Kier molecular flexibility index (Phi) is 7.19. The third-order valence-corrected chi connectivity index (χ3v) is 5.61. The van der Waals surface area contributed by atoms with Crippen LogP contribution in [0.15, 0.2) is 0 Å². The number of rotatable bonds is 7. The monoisotopic (exact) mass is 276 g/mol. The fraction of sp³-hybridized carbons (Fsp3) is 1.00. The van der Waals surface area contributed by atoms with Crippen molar-refractivity contribution in [3.63, 3.8) is 0 Å². The van der Waals surface area contributed by atoms with Crippen LogP contribution in [-0.4, -0.2) is 44.7 Å². The number of sulfonamides is 1. The molecular weight excluding hydrogens is 248 g/mol. The summed E-state index contributed by atoms with van der Waals surface area (Å²) in [6.07, 6.45) is 5.43. The molecule has 1 N–H and O–H groups in total. The maximum atomic E-state index is 12.2. The van der Waals surface area contributed by atoms with E-state index in [0.29, 0.717) is 25.6 Å². The Balaban J connectivity index is 2.41. The van der Waals surface area contributed by atoms with Gasteiger partial charge < -0.3 is 5.32 Å². The summed E-state index contributed by atoms with van der Waals surface area (Å²) in [5, 5.41) is 3.16. The van der Waals surface area contributed by atoms with E-state index in [1.807, 2.05) is 0 Å². The van der Waals surface area contributed by atoms with E-state index in [4.69, 9.17) is 0 Å². The summed E-state index contributed by atoms with van der Waals surface area (Å²) in [6, 6.07) is 0. The Bertz CT molecular complexity index is 317.